The van der Waals surface area contributed by atoms with Gasteiger partial charge in [-0.2, -0.15) is 0 Å². The van der Waals surface area contributed by atoms with E-state index in [-0.39, 0.29) is 0 Å². The maximum Gasteiger partial charge on any atom is 0.188 e. The maximum atomic E-state index is 4.48. The van der Waals surface area contributed by atoms with Crippen LogP contribution in [-0.2, 0) is 0 Å². The molecule has 4 heteroatoms. The van der Waals surface area contributed by atoms with Crippen LogP contribution in [0.1, 0.15) is 23.9 Å². The molecule has 0 saturated heterocycles. The molecule has 3 nitrogen and oxygen atoms in total. The minimum atomic E-state index is 0.497. The number of aromatic nitrogens is 2. The fourth-order valence-corrected chi connectivity index (χ4v) is 2.29. The lowest BCUT2D eigenvalue weighted by atomic mass is 10.2. The van der Waals surface area contributed by atoms with Crippen molar-refractivity contribution in [3.63, 3.8) is 0 Å². The molecule has 1 aromatic heterocycles. The van der Waals surface area contributed by atoms with Crippen molar-refractivity contribution in [2.45, 2.75) is 38.1 Å². The maximum absolute atomic E-state index is 4.48. The highest BCUT2D eigenvalue weighted by Crippen LogP contribution is 2.20. The van der Waals surface area contributed by atoms with E-state index in [1.165, 1.54) is 5.56 Å². The fourth-order valence-electron chi connectivity index (χ4n) is 1.30. The molecule has 15 heavy (non-hydrogen) atoms. The number of aryl methyl sites for hydroxylation is 2. The lowest BCUT2D eigenvalue weighted by Gasteiger charge is -2.11. The SMILES string of the molecule is CNCC(C)Sc1nc(C)c(C)c(C)n1. The second kappa shape index (κ2) is 5.47. The topological polar surface area (TPSA) is 37.8 Å². The van der Waals surface area contributed by atoms with Gasteiger partial charge in [0.05, 0.1) is 0 Å². The van der Waals surface area contributed by atoms with Crippen LogP contribution in [0.5, 0.6) is 0 Å². The van der Waals surface area contributed by atoms with E-state index in [2.05, 4.69) is 29.1 Å². The van der Waals surface area contributed by atoms with Crippen molar-refractivity contribution >= 4 is 11.8 Å². The van der Waals surface area contributed by atoms with Gasteiger partial charge in [0, 0.05) is 23.2 Å². The summed E-state index contributed by atoms with van der Waals surface area (Å²) in [6.07, 6.45) is 0. The van der Waals surface area contributed by atoms with Crippen LogP contribution in [0.15, 0.2) is 5.16 Å². The molecule has 1 unspecified atom stereocenters. The molecule has 1 aromatic rings. The second-order valence-electron chi connectivity index (χ2n) is 3.79. The summed E-state index contributed by atoms with van der Waals surface area (Å²) in [5, 5.41) is 4.54. The zero-order valence-electron chi connectivity index (χ0n) is 10.1. The normalized spacial score (nSPS) is 12.9. The first kappa shape index (κ1) is 12.5. The van der Waals surface area contributed by atoms with Gasteiger partial charge >= 0.3 is 0 Å². The van der Waals surface area contributed by atoms with Gasteiger partial charge in [-0.1, -0.05) is 18.7 Å². The van der Waals surface area contributed by atoms with E-state index in [1.54, 1.807) is 11.8 Å². The lowest BCUT2D eigenvalue weighted by Crippen LogP contribution is -2.18. The molecule has 0 bridgehead atoms. The van der Waals surface area contributed by atoms with E-state index in [9.17, 15) is 0 Å². The van der Waals surface area contributed by atoms with Crippen molar-refractivity contribution in [3.05, 3.63) is 17.0 Å². The molecule has 84 valence electrons. The van der Waals surface area contributed by atoms with Gasteiger partial charge in [-0.05, 0) is 33.4 Å². The minimum Gasteiger partial charge on any atom is -0.319 e. The van der Waals surface area contributed by atoms with Gasteiger partial charge in [0.25, 0.3) is 0 Å². The fraction of sp³-hybridized carbons (Fsp3) is 0.636. The molecular formula is C11H19N3S. The standard InChI is InChI=1S/C11H19N3S/c1-7(6-12-5)15-11-13-9(3)8(2)10(4)14-11/h7,12H,6H2,1-5H3. The Kier molecular flexibility index (Phi) is 4.54. The highest BCUT2D eigenvalue weighted by molar-refractivity contribution is 7.99. The van der Waals surface area contributed by atoms with E-state index in [4.69, 9.17) is 0 Å². The predicted octanol–water partition coefficient (Wildman–Crippen LogP) is 2.10. The van der Waals surface area contributed by atoms with E-state index in [0.29, 0.717) is 5.25 Å². The van der Waals surface area contributed by atoms with Gasteiger partial charge in [-0.15, -0.1) is 0 Å². The van der Waals surface area contributed by atoms with Gasteiger partial charge in [-0.3, -0.25) is 0 Å². The van der Waals surface area contributed by atoms with Crippen LogP contribution in [0.3, 0.4) is 0 Å². The molecule has 0 aliphatic heterocycles. The van der Waals surface area contributed by atoms with Crippen molar-refractivity contribution in [3.8, 4) is 0 Å². The highest BCUT2D eigenvalue weighted by Gasteiger charge is 2.08. The molecule has 1 rings (SSSR count). The highest BCUT2D eigenvalue weighted by atomic mass is 32.2. The summed E-state index contributed by atoms with van der Waals surface area (Å²) in [5.41, 5.74) is 3.36. The Morgan fingerprint density at radius 3 is 2.20 bits per heavy atom. The van der Waals surface area contributed by atoms with Crippen LogP contribution in [0, 0.1) is 20.8 Å². The van der Waals surface area contributed by atoms with Gasteiger partial charge in [0.15, 0.2) is 5.16 Å². The summed E-state index contributed by atoms with van der Waals surface area (Å²) in [7, 11) is 1.96. The zero-order chi connectivity index (χ0) is 11.4. The molecule has 0 aliphatic rings. The Balaban J connectivity index is 2.78. The number of nitrogens with zero attached hydrogens (tertiary/aromatic N) is 2. The summed E-state index contributed by atoms with van der Waals surface area (Å²) in [6, 6.07) is 0. The molecule has 0 aromatic carbocycles. The van der Waals surface area contributed by atoms with Crippen LogP contribution in [0.25, 0.3) is 0 Å². The monoisotopic (exact) mass is 225 g/mol. The summed E-state index contributed by atoms with van der Waals surface area (Å²) >= 11 is 1.72. The number of hydrogen-bond acceptors (Lipinski definition) is 4. The first-order valence-electron chi connectivity index (χ1n) is 5.17. The van der Waals surface area contributed by atoms with E-state index < -0.39 is 0 Å². The number of hydrogen-bond donors (Lipinski definition) is 1. The molecular weight excluding hydrogens is 206 g/mol. The van der Waals surface area contributed by atoms with Crippen LogP contribution in [0.2, 0.25) is 0 Å². The largest absolute Gasteiger partial charge is 0.319 e. The third kappa shape index (κ3) is 3.47. The molecule has 0 amide bonds. The minimum absolute atomic E-state index is 0.497. The average Bonchev–Trinajstić information content (AvgIpc) is 2.14. The Hall–Kier alpha value is -0.610. The van der Waals surface area contributed by atoms with Gasteiger partial charge in [0.2, 0.25) is 0 Å². The van der Waals surface area contributed by atoms with Crippen molar-refractivity contribution in [1.29, 1.82) is 0 Å². The van der Waals surface area contributed by atoms with Crippen molar-refractivity contribution < 1.29 is 0 Å². The van der Waals surface area contributed by atoms with Crippen molar-refractivity contribution in [1.82, 2.24) is 15.3 Å². The van der Waals surface area contributed by atoms with Crippen LogP contribution >= 0.6 is 11.8 Å². The first-order valence-corrected chi connectivity index (χ1v) is 6.05. The summed E-state index contributed by atoms with van der Waals surface area (Å²) in [5.74, 6) is 0. The number of nitrogens with one attached hydrogen (secondary N) is 1. The van der Waals surface area contributed by atoms with Crippen molar-refractivity contribution in [2.24, 2.45) is 0 Å². The first-order chi connectivity index (χ1) is 7.04. The van der Waals surface area contributed by atoms with E-state index >= 15 is 0 Å². The second-order valence-corrected chi connectivity index (χ2v) is 5.19. The Morgan fingerprint density at radius 1 is 1.20 bits per heavy atom. The van der Waals surface area contributed by atoms with E-state index in [0.717, 1.165) is 23.1 Å². The average molecular weight is 225 g/mol. The Morgan fingerprint density at radius 2 is 1.73 bits per heavy atom. The summed E-state index contributed by atoms with van der Waals surface area (Å²) < 4.78 is 0. The molecule has 0 fully saturated rings. The summed E-state index contributed by atoms with van der Waals surface area (Å²) in [6.45, 7) is 9.29. The molecule has 0 spiro atoms. The Bertz CT molecular complexity index is 316. The summed E-state index contributed by atoms with van der Waals surface area (Å²) in [4.78, 5) is 8.96. The van der Waals surface area contributed by atoms with Gasteiger partial charge < -0.3 is 5.32 Å². The number of rotatable bonds is 4. The van der Waals surface area contributed by atoms with Gasteiger partial charge in [0.1, 0.15) is 0 Å². The molecule has 1 atom stereocenters. The van der Waals surface area contributed by atoms with Crippen molar-refractivity contribution in [2.75, 3.05) is 13.6 Å². The third-order valence-electron chi connectivity index (χ3n) is 2.41. The quantitative estimate of drug-likeness (QED) is 0.629. The van der Waals surface area contributed by atoms with Crippen LogP contribution < -0.4 is 5.32 Å². The van der Waals surface area contributed by atoms with E-state index in [1.807, 2.05) is 20.9 Å². The predicted molar refractivity (Wildman–Crippen MR) is 65.5 cm³/mol. The smallest absolute Gasteiger partial charge is 0.188 e. The van der Waals surface area contributed by atoms with Gasteiger partial charge in [-0.25, -0.2) is 9.97 Å². The third-order valence-corrected chi connectivity index (χ3v) is 3.37. The van der Waals surface area contributed by atoms with Crippen LogP contribution in [-0.4, -0.2) is 28.8 Å². The molecule has 1 heterocycles. The Labute approximate surface area is 96.1 Å². The molecule has 0 radical (unpaired) electrons. The molecule has 1 N–H and O–H groups in total. The zero-order valence-corrected chi connectivity index (χ0v) is 10.9. The number of thioether (sulfide) groups is 1. The molecule has 0 aliphatic carbocycles. The lowest BCUT2D eigenvalue weighted by molar-refractivity contribution is 0.778. The van der Waals surface area contributed by atoms with Crippen LogP contribution in [0.4, 0.5) is 0 Å². The molecule has 0 saturated carbocycles.